The minimum absolute atomic E-state index is 0.204. The van der Waals surface area contributed by atoms with Gasteiger partial charge in [0, 0.05) is 5.92 Å². The molecule has 0 N–H and O–H groups in total. The third-order valence-electron chi connectivity index (χ3n) is 2.52. The van der Waals surface area contributed by atoms with Gasteiger partial charge in [-0.25, -0.2) is 0 Å². The molecule has 1 aliphatic rings. The van der Waals surface area contributed by atoms with Gasteiger partial charge in [-0.2, -0.15) is 0 Å². The third kappa shape index (κ3) is 1.44. The maximum Gasteiger partial charge on any atom is 0.133 e. The molecule has 0 bridgehead atoms. The first-order valence-corrected chi connectivity index (χ1v) is 4.58. The molecule has 1 heterocycles. The van der Waals surface area contributed by atoms with Crippen molar-refractivity contribution < 1.29 is 4.84 Å². The standard InChI is InChI=1S/C11H13NO/c1-8-9(2)13-12-11(8)10-6-4-3-5-7-10/h3-9H,1-2H3/t8-,9-/m0/s1. The summed E-state index contributed by atoms with van der Waals surface area (Å²) < 4.78 is 0. The zero-order chi connectivity index (χ0) is 9.26. The van der Waals surface area contributed by atoms with Crippen molar-refractivity contribution in [1.29, 1.82) is 0 Å². The Hall–Kier alpha value is -1.31. The van der Waals surface area contributed by atoms with Gasteiger partial charge < -0.3 is 4.84 Å². The molecular formula is C11H13NO. The summed E-state index contributed by atoms with van der Waals surface area (Å²) in [6.07, 6.45) is 0.204. The van der Waals surface area contributed by atoms with Gasteiger partial charge in [-0.3, -0.25) is 0 Å². The van der Waals surface area contributed by atoms with Crippen LogP contribution in [0.1, 0.15) is 19.4 Å². The molecule has 68 valence electrons. The zero-order valence-corrected chi connectivity index (χ0v) is 7.90. The lowest BCUT2D eigenvalue weighted by molar-refractivity contribution is 0.0799. The number of hydrogen-bond donors (Lipinski definition) is 0. The lowest BCUT2D eigenvalue weighted by Crippen LogP contribution is -2.17. The molecule has 1 aliphatic heterocycles. The minimum atomic E-state index is 0.204. The third-order valence-corrected chi connectivity index (χ3v) is 2.52. The van der Waals surface area contributed by atoms with E-state index in [-0.39, 0.29) is 6.10 Å². The largest absolute Gasteiger partial charge is 0.392 e. The van der Waals surface area contributed by atoms with E-state index in [1.807, 2.05) is 25.1 Å². The van der Waals surface area contributed by atoms with E-state index in [2.05, 4.69) is 24.2 Å². The second-order valence-electron chi connectivity index (χ2n) is 3.44. The van der Waals surface area contributed by atoms with Crippen molar-refractivity contribution in [2.24, 2.45) is 11.1 Å². The molecule has 1 aromatic carbocycles. The molecule has 0 amide bonds. The van der Waals surface area contributed by atoms with Crippen LogP contribution in [0.2, 0.25) is 0 Å². The molecule has 2 nitrogen and oxygen atoms in total. The summed E-state index contributed by atoms with van der Waals surface area (Å²) in [5.41, 5.74) is 2.23. The van der Waals surface area contributed by atoms with Gasteiger partial charge in [0.2, 0.25) is 0 Å². The molecule has 2 atom stereocenters. The molecule has 0 saturated heterocycles. The van der Waals surface area contributed by atoms with E-state index >= 15 is 0 Å². The van der Waals surface area contributed by atoms with E-state index in [1.54, 1.807) is 0 Å². The molecule has 2 rings (SSSR count). The maximum absolute atomic E-state index is 5.22. The van der Waals surface area contributed by atoms with Gasteiger partial charge in [-0.15, -0.1) is 0 Å². The van der Waals surface area contributed by atoms with Crippen LogP contribution in [0.25, 0.3) is 0 Å². The van der Waals surface area contributed by atoms with Crippen molar-refractivity contribution in [2.45, 2.75) is 20.0 Å². The van der Waals surface area contributed by atoms with E-state index in [0.29, 0.717) is 5.92 Å². The molecule has 0 radical (unpaired) electrons. The summed E-state index contributed by atoms with van der Waals surface area (Å²) >= 11 is 0. The summed E-state index contributed by atoms with van der Waals surface area (Å²) in [5.74, 6) is 0.391. The molecule has 2 heteroatoms. The Balaban J connectivity index is 2.29. The lowest BCUT2D eigenvalue weighted by Gasteiger charge is -2.08. The minimum Gasteiger partial charge on any atom is -0.392 e. The first-order valence-electron chi connectivity index (χ1n) is 4.58. The van der Waals surface area contributed by atoms with Crippen LogP contribution in [0, 0.1) is 5.92 Å². The molecule has 13 heavy (non-hydrogen) atoms. The SMILES string of the molecule is C[C@@H]1ON=C(c2ccccc2)[C@H]1C. The number of hydrogen-bond acceptors (Lipinski definition) is 2. The number of nitrogens with zero attached hydrogens (tertiary/aromatic N) is 1. The molecule has 1 aromatic rings. The first kappa shape index (κ1) is 8.30. The zero-order valence-electron chi connectivity index (χ0n) is 7.90. The van der Waals surface area contributed by atoms with Crippen LogP contribution < -0.4 is 0 Å². The highest BCUT2D eigenvalue weighted by Gasteiger charge is 2.26. The van der Waals surface area contributed by atoms with Crippen molar-refractivity contribution in [2.75, 3.05) is 0 Å². The fraction of sp³-hybridized carbons (Fsp3) is 0.364. The fourth-order valence-electron chi connectivity index (χ4n) is 1.46. The smallest absolute Gasteiger partial charge is 0.133 e. The topological polar surface area (TPSA) is 21.6 Å². The Bertz CT molecular complexity index is 318. The van der Waals surface area contributed by atoms with E-state index in [1.165, 1.54) is 5.56 Å². The van der Waals surface area contributed by atoms with Gasteiger partial charge >= 0.3 is 0 Å². The Kier molecular flexibility index (Phi) is 2.05. The second kappa shape index (κ2) is 3.21. The van der Waals surface area contributed by atoms with Crippen molar-refractivity contribution in [1.82, 2.24) is 0 Å². The van der Waals surface area contributed by atoms with E-state index in [0.717, 1.165) is 5.71 Å². The van der Waals surface area contributed by atoms with Gasteiger partial charge in [0.05, 0.1) is 5.71 Å². The van der Waals surface area contributed by atoms with Crippen LogP contribution in [0.5, 0.6) is 0 Å². The molecule has 0 spiro atoms. The normalized spacial score (nSPS) is 26.8. The van der Waals surface area contributed by atoms with Gasteiger partial charge in [0.1, 0.15) is 6.10 Å². The quantitative estimate of drug-likeness (QED) is 0.642. The molecule has 0 aromatic heterocycles. The highest BCUT2D eigenvalue weighted by molar-refractivity contribution is 6.02. The van der Waals surface area contributed by atoms with E-state index < -0.39 is 0 Å². The fourth-order valence-corrected chi connectivity index (χ4v) is 1.46. The lowest BCUT2D eigenvalue weighted by atomic mass is 9.95. The van der Waals surface area contributed by atoms with Crippen molar-refractivity contribution in [3.05, 3.63) is 35.9 Å². The van der Waals surface area contributed by atoms with Crippen LogP contribution in [0.15, 0.2) is 35.5 Å². The van der Waals surface area contributed by atoms with Gasteiger partial charge in [-0.1, -0.05) is 42.4 Å². The number of rotatable bonds is 1. The Morgan fingerprint density at radius 3 is 2.38 bits per heavy atom. The summed E-state index contributed by atoms with van der Waals surface area (Å²) in [6.45, 7) is 4.19. The van der Waals surface area contributed by atoms with Crippen LogP contribution >= 0.6 is 0 Å². The summed E-state index contributed by atoms with van der Waals surface area (Å²) in [5, 5.41) is 4.08. The molecular weight excluding hydrogens is 162 g/mol. The molecule has 0 saturated carbocycles. The molecule has 0 unspecified atom stereocenters. The van der Waals surface area contributed by atoms with Crippen molar-refractivity contribution >= 4 is 5.71 Å². The van der Waals surface area contributed by atoms with Gasteiger partial charge in [0.25, 0.3) is 0 Å². The van der Waals surface area contributed by atoms with E-state index in [4.69, 9.17) is 4.84 Å². The second-order valence-corrected chi connectivity index (χ2v) is 3.44. The predicted molar refractivity (Wildman–Crippen MR) is 52.7 cm³/mol. The van der Waals surface area contributed by atoms with Crippen LogP contribution in [-0.4, -0.2) is 11.8 Å². The monoisotopic (exact) mass is 175 g/mol. The Labute approximate surface area is 78.2 Å². The number of oxime groups is 1. The maximum atomic E-state index is 5.22. The Morgan fingerprint density at radius 2 is 1.85 bits per heavy atom. The van der Waals surface area contributed by atoms with Crippen LogP contribution in [0.4, 0.5) is 0 Å². The average Bonchev–Trinajstić information content (AvgIpc) is 2.49. The number of benzene rings is 1. The van der Waals surface area contributed by atoms with Crippen LogP contribution in [-0.2, 0) is 4.84 Å². The van der Waals surface area contributed by atoms with E-state index in [9.17, 15) is 0 Å². The Morgan fingerprint density at radius 1 is 1.15 bits per heavy atom. The average molecular weight is 175 g/mol. The summed E-state index contributed by atoms with van der Waals surface area (Å²) in [6, 6.07) is 10.2. The van der Waals surface area contributed by atoms with Gasteiger partial charge in [-0.05, 0) is 12.5 Å². The summed E-state index contributed by atoms with van der Waals surface area (Å²) in [7, 11) is 0. The summed E-state index contributed by atoms with van der Waals surface area (Å²) in [4.78, 5) is 5.22. The highest BCUT2D eigenvalue weighted by atomic mass is 16.6. The molecule has 0 aliphatic carbocycles. The van der Waals surface area contributed by atoms with Crippen LogP contribution in [0.3, 0.4) is 0 Å². The predicted octanol–water partition coefficient (Wildman–Crippen LogP) is 2.45. The van der Waals surface area contributed by atoms with Crippen molar-refractivity contribution in [3.8, 4) is 0 Å². The molecule has 0 fully saturated rings. The first-order chi connectivity index (χ1) is 6.29. The highest BCUT2D eigenvalue weighted by Crippen LogP contribution is 2.21. The van der Waals surface area contributed by atoms with Crippen molar-refractivity contribution in [3.63, 3.8) is 0 Å². The van der Waals surface area contributed by atoms with Gasteiger partial charge in [0.15, 0.2) is 0 Å².